The lowest BCUT2D eigenvalue weighted by Gasteiger charge is -2.40. The molecule has 4 rings (SSSR count). The van der Waals surface area contributed by atoms with Crippen molar-refractivity contribution in [1.82, 2.24) is 9.88 Å². The van der Waals surface area contributed by atoms with Crippen molar-refractivity contribution in [3.8, 4) is 11.5 Å². The highest BCUT2D eigenvalue weighted by molar-refractivity contribution is 7.07. The van der Waals surface area contributed by atoms with E-state index in [1.807, 2.05) is 16.5 Å². The smallest absolute Gasteiger partial charge is 0.231 e. The van der Waals surface area contributed by atoms with Gasteiger partial charge in [0.25, 0.3) is 0 Å². The fourth-order valence-corrected chi connectivity index (χ4v) is 4.29. The van der Waals surface area contributed by atoms with Crippen LogP contribution in [0.4, 0.5) is 0 Å². The van der Waals surface area contributed by atoms with E-state index in [9.17, 15) is 4.79 Å². The highest BCUT2D eigenvalue weighted by Crippen LogP contribution is 2.37. The summed E-state index contributed by atoms with van der Waals surface area (Å²) in [6.07, 6.45) is 3.31. The fraction of sp³-hybridized carbons (Fsp3) is 0.474. The van der Waals surface area contributed by atoms with Gasteiger partial charge in [0.05, 0.1) is 11.2 Å². The predicted molar refractivity (Wildman–Crippen MR) is 96.0 cm³/mol. The summed E-state index contributed by atoms with van der Waals surface area (Å²) in [6, 6.07) is 6.16. The zero-order chi connectivity index (χ0) is 17.3. The Balaban J connectivity index is 1.42. The molecule has 0 spiro atoms. The van der Waals surface area contributed by atoms with Crippen LogP contribution in [0.2, 0.25) is 0 Å². The van der Waals surface area contributed by atoms with Crippen LogP contribution in [-0.2, 0) is 17.6 Å². The number of fused-ring (bicyclic) bond motifs is 1. The molecule has 0 aliphatic carbocycles. The van der Waals surface area contributed by atoms with Crippen LogP contribution in [0.5, 0.6) is 11.5 Å². The lowest BCUT2D eigenvalue weighted by Crippen LogP contribution is -2.46. The predicted octanol–water partition coefficient (Wildman–Crippen LogP) is 3.29. The molecule has 2 aliphatic heterocycles. The fourth-order valence-electron chi connectivity index (χ4n) is 3.70. The molecule has 0 bridgehead atoms. The summed E-state index contributed by atoms with van der Waals surface area (Å²) < 4.78 is 10.9. The Morgan fingerprint density at radius 3 is 3.04 bits per heavy atom. The van der Waals surface area contributed by atoms with Crippen molar-refractivity contribution in [2.75, 3.05) is 19.9 Å². The summed E-state index contributed by atoms with van der Waals surface area (Å²) in [4.78, 5) is 18.6. The van der Waals surface area contributed by atoms with Crippen LogP contribution < -0.4 is 9.47 Å². The summed E-state index contributed by atoms with van der Waals surface area (Å²) in [5, 5.41) is 2.06. The van der Waals surface area contributed by atoms with Gasteiger partial charge in [0, 0.05) is 31.3 Å². The van der Waals surface area contributed by atoms with Gasteiger partial charge in [-0.15, -0.1) is 11.3 Å². The van der Waals surface area contributed by atoms with Crippen molar-refractivity contribution in [3.63, 3.8) is 0 Å². The molecule has 132 valence electrons. The van der Waals surface area contributed by atoms with Crippen molar-refractivity contribution in [2.24, 2.45) is 5.41 Å². The molecule has 0 saturated carbocycles. The average Bonchev–Trinajstić information content (AvgIpc) is 3.27. The Morgan fingerprint density at radius 1 is 1.32 bits per heavy atom. The second kappa shape index (κ2) is 6.67. The van der Waals surface area contributed by atoms with Crippen molar-refractivity contribution in [1.29, 1.82) is 0 Å². The first-order valence-electron chi connectivity index (χ1n) is 8.65. The van der Waals surface area contributed by atoms with E-state index in [2.05, 4.69) is 29.4 Å². The third kappa shape index (κ3) is 3.63. The second-order valence-corrected chi connectivity index (χ2v) is 7.94. The quantitative estimate of drug-likeness (QED) is 0.823. The van der Waals surface area contributed by atoms with Crippen LogP contribution in [0.3, 0.4) is 0 Å². The summed E-state index contributed by atoms with van der Waals surface area (Å²) in [5.74, 6) is 1.91. The van der Waals surface area contributed by atoms with E-state index in [0.29, 0.717) is 13.2 Å². The molecule has 5 nitrogen and oxygen atoms in total. The number of benzene rings is 1. The van der Waals surface area contributed by atoms with Gasteiger partial charge in [0.15, 0.2) is 11.5 Å². The van der Waals surface area contributed by atoms with E-state index >= 15 is 0 Å². The van der Waals surface area contributed by atoms with Gasteiger partial charge in [-0.25, -0.2) is 4.98 Å². The first-order valence-corrected chi connectivity index (χ1v) is 9.59. The van der Waals surface area contributed by atoms with Crippen molar-refractivity contribution >= 4 is 17.2 Å². The third-order valence-electron chi connectivity index (χ3n) is 5.06. The van der Waals surface area contributed by atoms with Crippen LogP contribution in [-0.4, -0.2) is 35.7 Å². The molecular formula is C19H22N2O3S. The summed E-state index contributed by atoms with van der Waals surface area (Å²) in [7, 11) is 0. The van der Waals surface area contributed by atoms with Gasteiger partial charge in [-0.05, 0) is 36.0 Å². The van der Waals surface area contributed by atoms with Crippen LogP contribution in [0.1, 0.15) is 31.0 Å². The number of thiazole rings is 1. The SMILES string of the molecule is C[C@]1(Cc2ccc3c(c2)OCO3)CCC(=O)N(CCc2cscn2)C1. The van der Waals surface area contributed by atoms with Gasteiger partial charge in [-0.1, -0.05) is 13.0 Å². The molecule has 0 unspecified atom stereocenters. The van der Waals surface area contributed by atoms with Crippen molar-refractivity contribution < 1.29 is 14.3 Å². The third-order valence-corrected chi connectivity index (χ3v) is 5.69. The second-order valence-electron chi connectivity index (χ2n) is 7.22. The summed E-state index contributed by atoms with van der Waals surface area (Å²) in [6.45, 7) is 4.12. The Hall–Kier alpha value is -2.08. The number of nitrogens with zero attached hydrogens (tertiary/aromatic N) is 2. The van der Waals surface area contributed by atoms with Gasteiger partial charge in [0.2, 0.25) is 12.7 Å². The Morgan fingerprint density at radius 2 is 2.20 bits per heavy atom. The van der Waals surface area contributed by atoms with Gasteiger partial charge in [-0.2, -0.15) is 0 Å². The molecule has 6 heteroatoms. The number of amides is 1. The largest absolute Gasteiger partial charge is 0.454 e. The lowest BCUT2D eigenvalue weighted by atomic mass is 9.76. The maximum absolute atomic E-state index is 12.3. The number of likely N-dealkylation sites (tertiary alicyclic amines) is 1. The molecule has 0 N–H and O–H groups in total. The number of hydrogen-bond acceptors (Lipinski definition) is 5. The van der Waals surface area contributed by atoms with Crippen LogP contribution in [0.15, 0.2) is 29.1 Å². The zero-order valence-corrected chi connectivity index (χ0v) is 15.2. The van der Waals surface area contributed by atoms with Gasteiger partial charge < -0.3 is 14.4 Å². The molecule has 1 aromatic heterocycles. The molecule has 1 saturated heterocycles. The number of rotatable bonds is 5. The van der Waals surface area contributed by atoms with E-state index in [0.717, 1.165) is 49.5 Å². The Bertz CT molecular complexity index is 762. The molecule has 1 aromatic carbocycles. The first kappa shape index (κ1) is 16.4. The topological polar surface area (TPSA) is 51.7 Å². The van der Waals surface area contributed by atoms with Gasteiger partial charge in [0.1, 0.15) is 0 Å². The normalized spacial score (nSPS) is 22.4. The summed E-state index contributed by atoms with van der Waals surface area (Å²) >= 11 is 1.60. The number of carbonyl (C=O) groups is 1. The molecule has 2 aromatic rings. The van der Waals surface area contributed by atoms with E-state index < -0.39 is 0 Å². The molecule has 2 aliphatic rings. The van der Waals surface area contributed by atoms with Crippen molar-refractivity contribution in [2.45, 2.75) is 32.6 Å². The van der Waals surface area contributed by atoms with Crippen LogP contribution >= 0.6 is 11.3 Å². The molecule has 0 radical (unpaired) electrons. The van der Waals surface area contributed by atoms with E-state index in [1.54, 1.807) is 11.3 Å². The molecule has 1 atom stereocenters. The van der Waals surface area contributed by atoms with E-state index in [4.69, 9.17) is 9.47 Å². The maximum Gasteiger partial charge on any atom is 0.231 e. The van der Waals surface area contributed by atoms with Crippen LogP contribution in [0, 0.1) is 5.41 Å². The van der Waals surface area contributed by atoms with E-state index in [-0.39, 0.29) is 11.3 Å². The Kier molecular flexibility index (Phi) is 4.37. The first-order chi connectivity index (χ1) is 12.1. The van der Waals surface area contributed by atoms with Crippen molar-refractivity contribution in [3.05, 3.63) is 40.3 Å². The minimum atomic E-state index is 0.0870. The number of aromatic nitrogens is 1. The molecule has 1 amide bonds. The number of piperidine rings is 1. The maximum atomic E-state index is 12.3. The van der Waals surface area contributed by atoms with Gasteiger partial charge >= 0.3 is 0 Å². The molecular weight excluding hydrogens is 336 g/mol. The standard InChI is InChI=1S/C19H22N2O3S/c1-19(9-14-2-3-16-17(8-14)24-13-23-16)6-4-18(22)21(11-19)7-5-15-10-25-12-20-15/h2-3,8,10,12H,4-7,9,11,13H2,1H3/t19-/m1/s1. The molecule has 25 heavy (non-hydrogen) atoms. The zero-order valence-electron chi connectivity index (χ0n) is 14.4. The summed E-state index contributed by atoms with van der Waals surface area (Å²) in [5.41, 5.74) is 4.24. The molecule has 3 heterocycles. The minimum Gasteiger partial charge on any atom is -0.454 e. The minimum absolute atomic E-state index is 0.0870. The monoisotopic (exact) mass is 358 g/mol. The lowest BCUT2D eigenvalue weighted by molar-refractivity contribution is -0.137. The number of carbonyl (C=O) groups excluding carboxylic acids is 1. The highest BCUT2D eigenvalue weighted by Gasteiger charge is 2.35. The Labute approximate surface area is 151 Å². The number of ether oxygens (including phenoxy) is 2. The van der Waals surface area contributed by atoms with E-state index in [1.165, 1.54) is 5.56 Å². The van der Waals surface area contributed by atoms with Crippen LogP contribution in [0.25, 0.3) is 0 Å². The van der Waals surface area contributed by atoms with Gasteiger partial charge in [-0.3, -0.25) is 4.79 Å². The molecule has 1 fully saturated rings. The highest BCUT2D eigenvalue weighted by atomic mass is 32.1. The average molecular weight is 358 g/mol. The number of hydrogen-bond donors (Lipinski definition) is 0.